The van der Waals surface area contributed by atoms with Gasteiger partial charge in [-0.15, -0.1) is 0 Å². The Morgan fingerprint density at radius 3 is 2.22 bits per heavy atom. The number of nitrogens with zero attached hydrogens (tertiary/aromatic N) is 6. The number of rotatable bonds is 7. The molecule has 2 N–H and O–H groups in total. The van der Waals surface area contributed by atoms with Gasteiger partial charge in [-0.3, -0.25) is 9.89 Å². The molecule has 14 heteroatoms. The molecule has 2 aliphatic heterocycles. The summed E-state index contributed by atoms with van der Waals surface area (Å²) in [5, 5.41) is 6.38. The average Bonchev–Trinajstić information content (AvgIpc) is 2.86. The highest BCUT2D eigenvalue weighted by atomic mass is 32.2. The zero-order valence-electron chi connectivity index (χ0n) is 24.4. The Morgan fingerprint density at radius 2 is 1.68 bits per heavy atom. The molecule has 3 heterocycles. The Kier molecular flexibility index (Phi) is 8.33. The third kappa shape index (κ3) is 6.92. The molecule has 10 nitrogen and oxygen atoms in total. The Balaban J connectivity index is 1.56. The van der Waals surface area contributed by atoms with Crippen molar-refractivity contribution in [3.8, 4) is 0 Å². The molecule has 0 bridgehead atoms. The van der Waals surface area contributed by atoms with Crippen LogP contribution >= 0.6 is 0 Å². The highest BCUT2D eigenvalue weighted by Gasteiger charge is 2.43. The minimum absolute atomic E-state index is 0.00169. The summed E-state index contributed by atoms with van der Waals surface area (Å²) in [4.78, 5) is 16.7. The van der Waals surface area contributed by atoms with E-state index in [0.717, 1.165) is 25.2 Å². The number of sulfonamides is 1. The Morgan fingerprint density at radius 1 is 1.07 bits per heavy atom. The topological polar surface area (TPSA) is 106 Å². The van der Waals surface area contributed by atoms with Crippen LogP contribution in [-0.2, 0) is 16.2 Å². The summed E-state index contributed by atoms with van der Waals surface area (Å²) in [7, 11) is -1.28. The fourth-order valence-corrected chi connectivity index (χ4v) is 6.66. The highest BCUT2D eigenvalue weighted by Crippen LogP contribution is 2.40. The van der Waals surface area contributed by atoms with E-state index in [1.54, 1.807) is 4.90 Å². The molecule has 0 aliphatic carbocycles. The van der Waals surface area contributed by atoms with Crippen LogP contribution in [-0.4, -0.2) is 90.9 Å². The molecule has 2 saturated heterocycles. The van der Waals surface area contributed by atoms with Crippen LogP contribution in [0.5, 0.6) is 0 Å². The summed E-state index contributed by atoms with van der Waals surface area (Å²) >= 11 is 0. The van der Waals surface area contributed by atoms with E-state index < -0.39 is 21.8 Å². The maximum Gasteiger partial charge on any atom is 0.418 e. The lowest BCUT2D eigenvalue weighted by molar-refractivity contribution is -0.137. The molecular weight excluding hydrogens is 557 g/mol. The third-order valence-corrected chi connectivity index (χ3v) is 9.50. The first-order valence-electron chi connectivity index (χ1n) is 13.4. The van der Waals surface area contributed by atoms with Crippen molar-refractivity contribution in [2.24, 2.45) is 4.99 Å². The molecule has 1 aromatic carbocycles. The normalized spacial score (nSPS) is 20.6. The molecule has 0 saturated carbocycles. The van der Waals surface area contributed by atoms with E-state index in [2.05, 4.69) is 72.0 Å². The number of aromatic nitrogens is 2. The molecule has 0 spiro atoms. The molecule has 2 fully saturated rings. The van der Waals surface area contributed by atoms with Crippen LogP contribution in [0.1, 0.15) is 46.1 Å². The minimum atomic E-state index is -4.63. The quantitative estimate of drug-likeness (QED) is 0.443. The molecule has 0 radical (unpaired) electrons. The molecule has 1 aromatic heterocycles. The molecule has 2 aromatic rings. The van der Waals surface area contributed by atoms with Gasteiger partial charge in [-0.25, -0.2) is 13.4 Å². The number of nitrogens with one attached hydrogen (secondary N) is 2. The van der Waals surface area contributed by atoms with E-state index in [9.17, 15) is 21.6 Å². The SMILES string of the molecule is C=Nc1cnc(Nc2ccc(N3CCN(S(C)(=O)=O)CC3)c(C(F)(F)F)c2)nc1NC1CC(C)(C)N(C)C(C)(C)C1. The summed E-state index contributed by atoms with van der Waals surface area (Å²) in [5.74, 6) is 0.573. The molecule has 4 rings (SSSR count). The van der Waals surface area contributed by atoms with Gasteiger partial charge in [0, 0.05) is 54.7 Å². The van der Waals surface area contributed by atoms with Crippen molar-refractivity contribution < 1.29 is 21.6 Å². The first-order valence-corrected chi connectivity index (χ1v) is 15.3. The van der Waals surface area contributed by atoms with Crippen LogP contribution in [0.15, 0.2) is 29.4 Å². The van der Waals surface area contributed by atoms with Crippen molar-refractivity contribution >= 4 is 45.6 Å². The van der Waals surface area contributed by atoms with Gasteiger partial charge < -0.3 is 15.5 Å². The Labute approximate surface area is 240 Å². The second kappa shape index (κ2) is 11.0. The van der Waals surface area contributed by atoms with Gasteiger partial charge in [-0.1, -0.05) is 0 Å². The average molecular weight is 597 g/mol. The van der Waals surface area contributed by atoms with E-state index in [4.69, 9.17) is 0 Å². The Hall–Kier alpha value is -2.97. The summed E-state index contributed by atoms with van der Waals surface area (Å²) < 4.78 is 67.3. The van der Waals surface area contributed by atoms with Gasteiger partial charge in [0.25, 0.3) is 0 Å². The van der Waals surface area contributed by atoms with Crippen molar-refractivity contribution in [1.29, 1.82) is 0 Å². The lowest BCUT2D eigenvalue weighted by Gasteiger charge is -2.53. The summed E-state index contributed by atoms with van der Waals surface area (Å²) in [6.45, 7) is 12.9. The van der Waals surface area contributed by atoms with Crippen molar-refractivity contribution in [1.82, 2.24) is 19.2 Å². The number of hydrogen-bond acceptors (Lipinski definition) is 9. The molecule has 0 amide bonds. The van der Waals surface area contributed by atoms with Gasteiger partial charge in [0.05, 0.1) is 18.0 Å². The highest BCUT2D eigenvalue weighted by molar-refractivity contribution is 7.88. The number of benzene rings is 1. The number of piperazine rings is 1. The Bertz CT molecular complexity index is 1370. The first-order chi connectivity index (χ1) is 18.9. The number of piperidine rings is 1. The van der Waals surface area contributed by atoms with Gasteiger partial charge in [0.15, 0.2) is 5.82 Å². The molecule has 0 unspecified atom stereocenters. The third-order valence-electron chi connectivity index (χ3n) is 8.19. The number of aliphatic imine (C=N–C) groups is 1. The standard InChI is InChI=1S/C27H39F3N8O2S/c1-25(2)15-19(16-26(3,4)36(25)6)33-23-21(31-5)17-32-24(35-23)34-18-8-9-22(20(14-18)27(28,29)30)37-10-12-38(13-11-37)41(7,39)40/h8-9,14,17,19H,5,10-13,15-16H2,1-4,6-7H3,(H2,32,33,34,35). The lowest BCUT2D eigenvalue weighted by Crippen LogP contribution is -2.61. The van der Waals surface area contributed by atoms with Crippen molar-refractivity contribution in [3.05, 3.63) is 30.0 Å². The fourth-order valence-electron chi connectivity index (χ4n) is 5.83. The molecular formula is C27H39F3N8O2S. The number of halogens is 3. The number of alkyl halides is 3. The molecule has 41 heavy (non-hydrogen) atoms. The maximum atomic E-state index is 14.1. The van der Waals surface area contributed by atoms with Crippen LogP contribution in [0.4, 0.5) is 42.0 Å². The second-order valence-electron chi connectivity index (χ2n) is 12.0. The van der Waals surface area contributed by atoms with E-state index in [-0.39, 0.29) is 60.6 Å². The second-order valence-corrected chi connectivity index (χ2v) is 14.0. The van der Waals surface area contributed by atoms with Gasteiger partial charge >= 0.3 is 6.18 Å². The van der Waals surface area contributed by atoms with E-state index >= 15 is 0 Å². The number of anilines is 4. The van der Waals surface area contributed by atoms with E-state index in [1.165, 1.54) is 22.6 Å². The lowest BCUT2D eigenvalue weighted by atomic mass is 9.77. The van der Waals surface area contributed by atoms with Gasteiger partial charge in [0.1, 0.15) is 5.69 Å². The number of likely N-dealkylation sites (tertiary alicyclic amines) is 1. The van der Waals surface area contributed by atoms with Crippen LogP contribution < -0.4 is 15.5 Å². The molecule has 226 valence electrons. The van der Waals surface area contributed by atoms with Crippen LogP contribution in [0.2, 0.25) is 0 Å². The zero-order valence-corrected chi connectivity index (χ0v) is 25.2. The monoisotopic (exact) mass is 596 g/mol. The summed E-state index contributed by atoms with van der Waals surface area (Å²) in [5.41, 5.74) is -0.343. The van der Waals surface area contributed by atoms with E-state index in [0.29, 0.717) is 11.5 Å². The molecule has 2 aliphatic rings. The first kappa shape index (κ1) is 31.0. The maximum absolute atomic E-state index is 14.1. The van der Waals surface area contributed by atoms with E-state index in [1.807, 2.05) is 0 Å². The van der Waals surface area contributed by atoms with Crippen LogP contribution in [0, 0.1) is 0 Å². The zero-order chi connectivity index (χ0) is 30.4. The van der Waals surface area contributed by atoms with Gasteiger partial charge in [-0.05, 0) is 72.5 Å². The van der Waals surface area contributed by atoms with Gasteiger partial charge in [0.2, 0.25) is 16.0 Å². The van der Waals surface area contributed by atoms with Crippen molar-refractivity contribution in [2.75, 3.05) is 55.0 Å². The van der Waals surface area contributed by atoms with Crippen molar-refractivity contribution in [3.63, 3.8) is 0 Å². The number of hydrogen-bond donors (Lipinski definition) is 2. The summed E-state index contributed by atoms with van der Waals surface area (Å²) in [6.07, 6.45) is -0.342. The van der Waals surface area contributed by atoms with Crippen molar-refractivity contribution in [2.45, 2.75) is 63.8 Å². The summed E-state index contributed by atoms with van der Waals surface area (Å²) in [6, 6.07) is 4.03. The predicted molar refractivity (Wildman–Crippen MR) is 157 cm³/mol. The van der Waals surface area contributed by atoms with Gasteiger partial charge in [-0.2, -0.15) is 22.5 Å². The predicted octanol–water partition coefficient (Wildman–Crippen LogP) is 4.72. The largest absolute Gasteiger partial charge is 0.418 e. The fraction of sp³-hybridized carbons (Fsp3) is 0.593. The smallest absolute Gasteiger partial charge is 0.368 e. The van der Waals surface area contributed by atoms with Crippen LogP contribution in [0.25, 0.3) is 0 Å². The van der Waals surface area contributed by atoms with Crippen LogP contribution in [0.3, 0.4) is 0 Å². The molecule has 0 atom stereocenters. The minimum Gasteiger partial charge on any atom is -0.368 e.